The molecule has 0 spiro atoms. The molecule has 1 saturated heterocycles. The number of nitrogens with zero attached hydrogens (tertiary/aromatic N) is 3. The maximum absolute atomic E-state index is 15.0. The molecule has 1 fully saturated rings. The van der Waals surface area contributed by atoms with E-state index in [1.165, 1.54) is 12.1 Å². The number of anilines is 2. The predicted octanol–water partition coefficient (Wildman–Crippen LogP) is 6.26. The molecule has 3 heterocycles. The minimum atomic E-state index is -0.630. The number of carbonyl (C=O) groups excluding carboxylic acids is 2. The number of rotatable bonds is 6. The van der Waals surface area contributed by atoms with Crippen molar-refractivity contribution < 1.29 is 18.4 Å². The highest BCUT2D eigenvalue weighted by molar-refractivity contribution is 6.02. The Bertz CT molecular complexity index is 1710. The zero-order valence-electron chi connectivity index (χ0n) is 24.1. The van der Waals surface area contributed by atoms with E-state index in [-0.39, 0.29) is 29.5 Å². The summed E-state index contributed by atoms with van der Waals surface area (Å²) >= 11 is 0. The minimum Gasteiger partial charge on any atom is -0.361 e. The van der Waals surface area contributed by atoms with Crippen LogP contribution in [0.15, 0.2) is 97.1 Å². The summed E-state index contributed by atoms with van der Waals surface area (Å²) in [5.74, 6) is -0.972. The Kier molecular flexibility index (Phi) is 7.47. The van der Waals surface area contributed by atoms with Gasteiger partial charge in [-0.2, -0.15) is 0 Å². The number of hydrogen-bond acceptors (Lipinski definition) is 5. The largest absolute Gasteiger partial charge is 0.361 e. The number of halogens is 2. The van der Waals surface area contributed by atoms with E-state index in [0.717, 1.165) is 0 Å². The Hall–Kier alpha value is -4.76. The fraction of sp³-hybridized carbons (Fsp3) is 0.257. The SMILES string of the molecule is O=C1c2ccccc2N[C@H](c2ccccc2F)N1CCN1CCC(N2C(=O)c3ccccc3N[C@@H]2c2ccccc2F)CC1. The molecule has 2 amide bonds. The molecule has 4 aromatic carbocycles. The summed E-state index contributed by atoms with van der Waals surface area (Å²) in [6.45, 7) is 2.41. The van der Waals surface area contributed by atoms with E-state index < -0.39 is 12.3 Å². The standard InChI is InChI=1S/C35H33F2N5O2/c36-28-13-5-1-9-24(28)32-38-30-15-7-3-11-26(30)34(43)41(32)22-21-40-19-17-23(18-20-40)42-33(25-10-2-6-14-29(25)37)39-31-16-8-4-12-27(31)35(42)44/h1-16,23,32-33,38-39H,17-22H2/t32-,33-/m0/s1. The summed E-state index contributed by atoms with van der Waals surface area (Å²) in [4.78, 5) is 33.3. The zero-order chi connectivity index (χ0) is 30.2. The lowest BCUT2D eigenvalue weighted by atomic mass is 9.96. The number of carbonyl (C=O) groups is 2. The summed E-state index contributed by atoms with van der Waals surface area (Å²) in [6, 6.07) is 27.7. The van der Waals surface area contributed by atoms with Crippen LogP contribution >= 0.6 is 0 Å². The Morgan fingerprint density at radius 2 is 1.11 bits per heavy atom. The van der Waals surface area contributed by atoms with Gasteiger partial charge in [-0.3, -0.25) is 9.59 Å². The number of likely N-dealkylation sites (tertiary alicyclic amines) is 1. The average Bonchev–Trinajstić information content (AvgIpc) is 3.05. The molecule has 7 nitrogen and oxygen atoms in total. The molecule has 44 heavy (non-hydrogen) atoms. The quantitative estimate of drug-likeness (QED) is 0.276. The molecular weight excluding hydrogens is 560 g/mol. The molecule has 0 saturated carbocycles. The number of amides is 2. The number of nitrogens with one attached hydrogen (secondary N) is 2. The first-order valence-corrected chi connectivity index (χ1v) is 15.1. The summed E-state index contributed by atoms with van der Waals surface area (Å²) in [6.07, 6.45) is 0.155. The van der Waals surface area contributed by atoms with Crippen molar-refractivity contribution >= 4 is 23.2 Å². The van der Waals surface area contributed by atoms with Crippen molar-refractivity contribution in [3.8, 4) is 0 Å². The maximum atomic E-state index is 15.0. The highest BCUT2D eigenvalue weighted by atomic mass is 19.1. The van der Waals surface area contributed by atoms with Gasteiger partial charge in [0.1, 0.15) is 24.0 Å². The number of fused-ring (bicyclic) bond motifs is 2. The topological polar surface area (TPSA) is 67.9 Å². The van der Waals surface area contributed by atoms with E-state index in [4.69, 9.17) is 0 Å². The molecule has 9 heteroatoms. The second kappa shape index (κ2) is 11.7. The van der Waals surface area contributed by atoms with Crippen LogP contribution in [0.4, 0.5) is 20.2 Å². The fourth-order valence-electron chi connectivity index (χ4n) is 6.71. The third-order valence-electron chi connectivity index (χ3n) is 8.99. The van der Waals surface area contributed by atoms with E-state index in [0.29, 0.717) is 72.6 Å². The van der Waals surface area contributed by atoms with Gasteiger partial charge in [0, 0.05) is 54.7 Å². The van der Waals surface area contributed by atoms with Gasteiger partial charge in [0.2, 0.25) is 0 Å². The summed E-state index contributed by atoms with van der Waals surface area (Å²) in [5, 5.41) is 6.79. The van der Waals surface area contributed by atoms with Crippen molar-refractivity contribution in [1.29, 1.82) is 0 Å². The van der Waals surface area contributed by atoms with Crippen LogP contribution in [0.5, 0.6) is 0 Å². The van der Waals surface area contributed by atoms with Gasteiger partial charge in [-0.25, -0.2) is 8.78 Å². The number of hydrogen-bond donors (Lipinski definition) is 2. The Balaban J connectivity index is 1.08. The molecular formula is C35H33F2N5O2. The van der Waals surface area contributed by atoms with Crippen LogP contribution in [0.25, 0.3) is 0 Å². The van der Waals surface area contributed by atoms with Gasteiger partial charge < -0.3 is 25.3 Å². The number of para-hydroxylation sites is 2. The minimum absolute atomic E-state index is 0.0967. The Morgan fingerprint density at radius 3 is 1.73 bits per heavy atom. The second-order valence-corrected chi connectivity index (χ2v) is 11.5. The first kappa shape index (κ1) is 28.0. The monoisotopic (exact) mass is 593 g/mol. The van der Waals surface area contributed by atoms with Gasteiger partial charge in [-0.15, -0.1) is 0 Å². The highest BCUT2D eigenvalue weighted by Gasteiger charge is 2.40. The smallest absolute Gasteiger partial charge is 0.258 e. The lowest BCUT2D eigenvalue weighted by molar-refractivity contribution is 0.0418. The van der Waals surface area contributed by atoms with Crippen LogP contribution in [-0.2, 0) is 0 Å². The third kappa shape index (κ3) is 5.07. The van der Waals surface area contributed by atoms with Crippen LogP contribution < -0.4 is 10.6 Å². The lowest BCUT2D eigenvalue weighted by Crippen LogP contribution is -2.53. The number of piperidine rings is 1. The molecule has 3 aliphatic rings. The van der Waals surface area contributed by atoms with Gasteiger partial charge in [-0.05, 0) is 49.2 Å². The van der Waals surface area contributed by atoms with Crippen LogP contribution in [0.1, 0.15) is 57.0 Å². The van der Waals surface area contributed by atoms with Crippen LogP contribution in [0.3, 0.4) is 0 Å². The molecule has 0 aromatic heterocycles. The maximum Gasteiger partial charge on any atom is 0.258 e. The normalized spacial score (nSPS) is 20.5. The van der Waals surface area contributed by atoms with Gasteiger partial charge in [0.25, 0.3) is 11.8 Å². The van der Waals surface area contributed by atoms with Crippen LogP contribution in [0, 0.1) is 11.6 Å². The van der Waals surface area contributed by atoms with Gasteiger partial charge in [-0.1, -0.05) is 60.7 Å². The van der Waals surface area contributed by atoms with Crippen LogP contribution in [0.2, 0.25) is 0 Å². The molecule has 0 bridgehead atoms. The van der Waals surface area contributed by atoms with Crippen molar-refractivity contribution in [2.75, 3.05) is 36.8 Å². The molecule has 2 N–H and O–H groups in total. The summed E-state index contributed by atoms with van der Waals surface area (Å²) in [5.41, 5.74) is 3.39. The van der Waals surface area contributed by atoms with Crippen LogP contribution in [-0.4, -0.2) is 58.7 Å². The molecule has 224 valence electrons. The van der Waals surface area contributed by atoms with Gasteiger partial charge in [0.15, 0.2) is 0 Å². The van der Waals surface area contributed by atoms with Crippen molar-refractivity contribution in [3.05, 3.63) is 131 Å². The molecule has 4 aromatic rings. The van der Waals surface area contributed by atoms with Gasteiger partial charge in [0.05, 0.1) is 11.1 Å². The molecule has 7 rings (SSSR count). The fourth-order valence-corrected chi connectivity index (χ4v) is 6.71. The molecule has 3 aliphatic heterocycles. The summed E-state index contributed by atoms with van der Waals surface area (Å²) in [7, 11) is 0. The van der Waals surface area contributed by atoms with Crippen molar-refractivity contribution in [2.24, 2.45) is 0 Å². The van der Waals surface area contributed by atoms with E-state index in [9.17, 15) is 14.0 Å². The molecule has 2 atom stereocenters. The van der Waals surface area contributed by atoms with E-state index >= 15 is 4.39 Å². The van der Waals surface area contributed by atoms with E-state index in [2.05, 4.69) is 15.5 Å². The Morgan fingerprint density at radius 1 is 0.614 bits per heavy atom. The second-order valence-electron chi connectivity index (χ2n) is 11.5. The van der Waals surface area contributed by atoms with E-state index in [1.54, 1.807) is 58.3 Å². The van der Waals surface area contributed by atoms with Gasteiger partial charge >= 0.3 is 0 Å². The van der Waals surface area contributed by atoms with Crippen molar-refractivity contribution in [1.82, 2.24) is 14.7 Å². The molecule has 0 aliphatic carbocycles. The van der Waals surface area contributed by atoms with Crippen molar-refractivity contribution in [2.45, 2.75) is 31.2 Å². The Labute approximate surface area is 255 Å². The molecule has 0 unspecified atom stereocenters. The predicted molar refractivity (Wildman–Crippen MR) is 165 cm³/mol. The zero-order valence-corrected chi connectivity index (χ0v) is 24.1. The first-order valence-electron chi connectivity index (χ1n) is 15.1. The average molecular weight is 594 g/mol. The van der Waals surface area contributed by atoms with E-state index in [1.807, 2.05) is 36.4 Å². The lowest BCUT2D eigenvalue weighted by Gasteiger charge is -2.46. The highest BCUT2D eigenvalue weighted by Crippen LogP contribution is 2.38. The third-order valence-corrected chi connectivity index (χ3v) is 8.99. The first-order chi connectivity index (χ1) is 21.5. The number of benzene rings is 4. The van der Waals surface area contributed by atoms with Crippen molar-refractivity contribution in [3.63, 3.8) is 0 Å². The summed E-state index contributed by atoms with van der Waals surface area (Å²) < 4.78 is 29.9. The molecule has 0 radical (unpaired) electrons.